The molecular weight excluding hydrogens is 323 g/mol. The van der Waals surface area contributed by atoms with Crippen molar-refractivity contribution in [2.75, 3.05) is 18.1 Å². The first-order chi connectivity index (χ1) is 9.19. The smallest absolute Gasteiger partial charge is 0.251 e. The molecule has 1 aromatic rings. The van der Waals surface area contributed by atoms with E-state index in [2.05, 4.69) is 10.3 Å². The SMILES string of the molecule is C[C@]1(CNC(=O)c2cc(Cl)nc(Cl)c2)CCS(=O)(=O)C1. The third-order valence-electron chi connectivity index (χ3n) is 3.29. The van der Waals surface area contributed by atoms with Crippen LogP contribution >= 0.6 is 23.2 Å². The van der Waals surface area contributed by atoms with Crippen LogP contribution in [-0.2, 0) is 9.84 Å². The number of pyridine rings is 1. The molecule has 20 heavy (non-hydrogen) atoms. The maximum atomic E-state index is 12.0. The minimum atomic E-state index is -2.98. The normalized spacial score (nSPS) is 24.6. The fourth-order valence-corrected chi connectivity index (χ4v) is 4.93. The van der Waals surface area contributed by atoms with Gasteiger partial charge in [0.15, 0.2) is 9.84 Å². The maximum absolute atomic E-state index is 12.0. The van der Waals surface area contributed by atoms with Crippen molar-refractivity contribution in [2.45, 2.75) is 13.3 Å². The van der Waals surface area contributed by atoms with Crippen LogP contribution in [0.3, 0.4) is 0 Å². The summed E-state index contributed by atoms with van der Waals surface area (Å²) in [5, 5.41) is 3.00. The third kappa shape index (κ3) is 3.84. The van der Waals surface area contributed by atoms with Crippen molar-refractivity contribution in [2.24, 2.45) is 5.41 Å². The zero-order valence-corrected chi connectivity index (χ0v) is 13.1. The van der Waals surface area contributed by atoms with E-state index in [0.717, 1.165) is 0 Å². The van der Waals surface area contributed by atoms with Gasteiger partial charge < -0.3 is 5.32 Å². The molecule has 2 rings (SSSR count). The summed E-state index contributed by atoms with van der Waals surface area (Å²) in [5.41, 5.74) is -0.116. The van der Waals surface area contributed by atoms with Crippen LogP contribution in [0.5, 0.6) is 0 Å². The molecule has 1 atom stereocenters. The molecule has 0 radical (unpaired) electrons. The van der Waals surface area contributed by atoms with Gasteiger partial charge in [0.1, 0.15) is 10.3 Å². The van der Waals surface area contributed by atoms with E-state index < -0.39 is 15.3 Å². The van der Waals surface area contributed by atoms with Crippen LogP contribution in [0.15, 0.2) is 12.1 Å². The Morgan fingerprint density at radius 3 is 2.50 bits per heavy atom. The van der Waals surface area contributed by atoms with Gasteiger partial charge in [0, 0.05) is 12.1 Å². The zero-order chi connectivity index (χ0) is 15.0. The van der Waals surface area contributed by atoms with Gasteiger partial charge in [0.25, 0.3) is 5.91 Å². The lowest BCUT2D eigenvalue weighted by Crippen LogP contribution is -2.36. The molecule has 1 aliphatic rings. The highest BCUT2D eigenvalue weighted by molar-refractivity contribution is 7.91. The summed E-state index contributed by atoms with van der Waals surface area (Å²) in [6.07, 6.45) is 0.549. The molecule has 8 heteroatoms. The van der Waals surface area contributed by atoms with Gasteiger partial charge in [-0.2, -0.15) is 0 Å². The zero-order valence-electron chi connectivity index (χ0n) is 10.8. The second kappa shape index (κ2) is 5.50. The van der Waals surface area contributed by atoms with Crippen molar-refractivity contribution >= 4 is 38.9 Å². The first-order valence-electron chi connectivity index (χ1n) is 6.01. The van der Waals surface area contributed by atoms with Gasteiger partial charge in [-0.3, -0.25) is 4.79 Å². The van der Waals surface area contributed by atoms with Gasteiger partial charge in [0.05, 0.1) is 11.5 Å². The lowest BCUT2D eigenvalue weighted by atomic mass is 9.90. The van der Waals surface area contributed by atoms with Crippen LogP contribution < -0.4 is 5.32 Å². The minimum Gasteiger partial charge on any atom is -0.351 e. The second-order valence-electron chi connectivity index (χ2n) is 5.34. The van der Waals surface area contributed by atoms with Crippen molar-refractivity contribution in [3.8, 4) is 0 Å². The Bertz CT molecular complexity index is 628. The van der Waals surface area contributed by atoms with Crippen molar-refractivity contribution in [3.05, 3.63) is 28.0 Å². The quantitative estimate of drug-likeness (QED) is 0.856. The molecule has 0 bridgehead atoms. The molecule has 0 spiro atoms. The highest BCUT2D eigenvalue weighted by Gasteiger charge is 2.38. The molecule has 110 valence electrons. The number of aromatic nitrogens is 1. The molecule has 5 nitrogen and oxygen atoms in total. The van der Waals surface area contributed by atoms with Gasteiger partial charge >= 0.3 is 0 Å². The van der Waals surface area contributed by atoms with E-state index in [4.69, 9.17) is 23.2 Å². The Hall–Kier alpha value is -0.850. The number of carbonyl (C=O) groups excluding carboxylic acids is 1. The summed E-state index contributed by atoms with van der Waals surface area (Å²) in [6, 6.07) is 2.83. The van der Waals surface area contributed by atoms with Gasteiger partial charge in [0.2, 0.25) is 0 Å². The molecule has 0 aliphatic carbocycles. The van der Waals surface area contributed by atoms with Crippen LogP contribution in [0.1, 0.15) is 23.7 Å². The molecule has 0 saturated carbocycles. The highest BCUT2D eigenvalue weighted by atomic mass is 35.5. The summed E-state index contributed by atoms with van der Waals surface area (Å²) in [5.74, 6) is -0.0774. The van der Waals surface area contributed by atoms with Crippen molar-refractivity contribution < 1.29 is 13.2 Å². The summed E-state index contributed by atoms with van der Waals surface area (Å²) < 4.78 is 23.0. The molecule has 1 fully saturated rings. The monoisotopic (exact) mass is 336 g/mol. The Balaban J connectivity index is 2.02. The van der Waals surface area contributed by atoms with E-state index in [9.17, 15) is 13.2 Å². The second-order valence-corrected chi connectivity index (χ2v) is 8.30. The Morgan fingerprint density at radius 2 is 2.00 bits per heavy atom. The lowest BCUT2D eigenvalue weighted by molar-refractivity contribution is 0.0937. The van der Waals surface area contributed by atoms with Crippen LogP contribution in [0.2, 0.25) is 10.3 Å². The van der Waals surface area contributed by atoms with E-state index in [1.807, 2.05) is 6.92 Å². The topological polar surface area (TPSA) is 76.1 Å². The first kappa shape index (κ1) is 15.5. The number of nitrogens with zero attached hydrogens (tertiary/aromatic N) is 1. The maximum Gasteiger partial charge on any atom is 0.251 e. The number of sulfone groups is 1. The van der Waals surface area contributed by atoms with E-state index in [0.29, 0.717) is 18.5 Å². The Kier molecular flexibility index (Phi) is 4.27. The molecule has 1 aromatic heterocycles. The number of hydrogen-bond acceptors (Lipinski definition) is 4. The van der Waals surface area contributed by atoms with Gasteiger partial charge in [-0.1, -0.05) is 30.1 Å². The predicted molar refractivity (Wildman–Crippen MR) is 78.0 cm³/mol. The molecular formula is C12H14Cl2N2O3S. The van der Waals surface area contributed by atoms with E-state index in [1.54, 1.807) is 0 Å². The molecule has 0 aromatic carbocycles. The van der Waals surface area contributed by atoms with Crippen molar-refractivity contribution in [1.29, 1.82) is 0 Å². The largest absolute Gasteiger partial charge is 0.351 e. The standard InChI is InChI=1S/C12H14Cl2N2O3S/c1-12(2-3-20(18,19)7-12)6-15-11(17)8-4-9(13)16-10(14)5-8/h4-5H,2-3,6-7H2,1H3,(H,15,17)/t12-/m1/s1. The number of carbonyl (C=O) groups is 1. The average Bonchev–Trinajstić information content (AvgIpc) is 2.60. The Morgan fingerprint density at radius 1 is 1.40 bits per heavy atom. The molecule has 1 aliphatic heterocycles. The van der Waals surface area contributed by atoms with Gasteiger partial charge in [-0.05, 0) is 24.0 Å². The Labute approximate surface area is 127 Å². The number of hydrogen-bond donors (Lipinski definition) is 1. The van der Waals surface area contributed by atoms with E-state index >= 15 is 0 Å². The van der Waals surface area contributed by atoms with E-state index in [1.165, 1.54) is 12.1 Å². The van der Waals surface area contributed by atoms with Crippen molar-refractivity contribution in [3.63, 3.8) is 0 Å². The van der Waals surface area contributed by atoms with Gasteiger partial charge in [-0.25, -0.2) is 13.4 Å². The summed E-state index contributed by atoms with van der Waals surface area (Å²) in [4.78, 5) is 15.8. The fourth-order valence-electron chi connectivity index (χ4n) is 2.21. The van der Waals surface area contributed by atoms with E-state index in [-0.39, 0.29) is 27.7 Å². The number of halogens is 2. The fraction of sp³-hybridized carbons (Fsp3) is 0.500. The van der Waals surface area contributed by atoms with Gasteiger partial charge in [-0.15, -0.1) is 0 Å². The molecule has 0 unspecified atom stereocenters. The first-order valence-corrected chi connectivity index (χ1v) is 8.59. The van der Waals surface area contributed by atoms with Crippen LogP contribution in [0.25, 0.3) is 0 Å². The molecule has 2 heterocycles. The molecule has 1 saturated heterocycles. The minimum absolute atomic E-state index is 0.0954. The number of rotatable bonds is 3. The van der Waals surface area contributed by atoms with Crippen molar-refractivity contribution in [1.82, 2.24) is 10.3 Å². The predicted octanol–water partition coefficient (Wildman–Crippen LogP) is 1.94. The van der Waals surface area contributed by atoms with Crippen LogP contribution in [0, 0.1) is 5.41 Å². The number of nitrogens with one attached hydrogen (secondary N) is 1. The number of amides is 1. The third-order valence-corrected chi connectivity index (χ3v) is 5.64. The summed E-state index contributed by atoms with van der Waals surface area (Å²) in [6.45, 7) is 2.15. The summed E-state index contributed by atoms with van der Waals surface area (Å²) in [7, 11) is -2.98. The lowest BCUT2D eigenvalue weighted by Gasteiger charge is -2.22. The molecule has 1 amide bonds. The average molecular weight is 337 g/mol. The summed E-state index contributed by atoms with van der Waals surface area (Å²) >= 11 is 11.5. The molecule has 1 N–H and O–H groups in total. The van der Waals surface area contributed by atoms with Crippen LogP contribution in [0.4, 0.5) is 0 Å². The van der Waals surface area contributed by atoms with Crippen LogP contribution in [-0.4, -0.2) is 37.4 Å². The highest BCUT2D eigenvalue weighted by Crippen LogP contribution is 2.31.